The van der Waals surface area contributed by atoms with E-state index in [0.717, 1.165) is 55.4 Å². The fraction of sp³-hybridized carbons (Fsp3) is 0.0769. The second kappa shape index (κ2) is 8.44. The third-order valence-corrected chi connectivity index (χ3v) is 6.41. The van der Waals surface area contributed by atoms with Crippen molar-refractivity contribution in [1.29, 1.82) is 0 Å². The Kier molecular flexibility index (Phi) is 5.01. The number of ether oxygens (including phenoxy) is 2. The van der Waals surface area contributed by atoms with Crippen molar-refractivity contribution in [3.63, 3.8) is 0 Å². The molecule has 0 saturated heterocycles. The van der Waals surface area contributed by atoms with Crippen molar-refractivity contribution in [3.8, 4) is 55.4 Å². The summed E-state index contributed by atoms with van der Waals surface area (Å²) in [5, 5.41) is 0. The highest BCUT2D eigenvalue weighted by molar-refractivity contribution is 7.19. The van der Waals surface area contributed by atoms with Crippen molar-refractivity contribution in [2.45, 2.75) is 0 Å². The van der Waals surface area contributed by atoms with Crippen LogP contribution < -0.4 is 9.47 Å². The second-order valence-electron chi connectivity index (χ2n) is 7.36. The number of rotatable bonds is 4. The molecule has 0 unspecified atom stereocenters. The largest absolute Gasteiger partial charge is 0.485 e. The van der Waals surface area contributed by atoms with E-state index in [-0.39, 0.29) is 0 Å². The van der Waals surface area contributed by atoms with E-state index >= 15 is 0 Å². The molecular weight excluding hydrogens is 432 g/mol. The Bertz CT molecular complexity index is 1310. The molecule has 7 heteroatoms. The van der Waals surface area contributed by atoms with E-state index in [2.05, 4.69) is 9.97 Å². The summed E-state index contributed by atoms with van der Waals surface area (Å²) >= 11 is 1.57. The van der Waals surface area contributed by atoms with Crippen molar-refractivity contribution >= 4 is 11.3 Å². The molecule has 0 spiro atoms. The first kappa shape index (κ1) is 19.6. The average Bonchev–Trinajstić information content (AvgIpc) is 3.30. The van der Waals surface area contributed by atoms with Gasteiger partial charge in [-0.15, -0.1) is 11.3 Å². The van der Waals surface area contributed by atoms with Crippen LogP contribution in [0.15, 0.2) is 85.2 Å². The van der Waals surface area contributed by atoms with Gasteiger partial charge in [-0.3, -0.25) is 9.97 Å². The fourth-order valence-electron chi connectivity index (χ4n) is 3.72. The van der Waals surface area contributed by atoms with Crippen molar-refractivity contribution in [3.05, 3.63) is 85.2 Å². The molecule has 6 heterocycles. The number of hydrogen-bond acceptors (Lipinski definition) is 7. The van der Waals surface area contributed by atoms with Crippen LogP contribution in [-0.2, 0) is 0 Å². The first-order valence-electron chi connectivity index (χ1n) is 10.6. The Hall–Kier alpha value is -4.10. The van der Waals surface area contributed by atoms with Gasteiger partial charge in [-0.2, -0.15) is 0 Å². The molecule has 1 aliphatic rings. The van der Waals surface area contributed by atoms with E-state index < -0.39 is 0 Å². The maximum absolute atomic E-state index is 6.06. The normalized spacial score (nSPS) is 12.5. The molecule has 0 N–H and O–H groups in total. The molecule has 0 aromatic carbocycles. The average molecular weight is 451 g/mol. The van der Waals surface area contributed by atoms with E-state index in [1.54, 1.807) is 23.7 Å². The van der Waals surface area contributed by atoms with E-state index in [0.29, 0.717) is 13.2 Å². The Labute approximate surface area is 194 Å². The first-order chi connectivity index (χ1) is 16.4. The smallest absolute Gasteiger partial charge is 0.182 e. The number of thiophene rings is 1. The summed E-state index contributed by atoms with van der Waals surface area (Å²) in [7, 11) is 0. The molecule has 5 aromatic rings. The van der Waals surface area contributed by atoms with Gasteiger partial charge in [-0.05, 0) is 48.5 Å². The highest BCUT2D eigenvalue weighted by Gasteiger charge is 2.27. The highest BCUT2D eigenvalue weighted by Crippen LogP contribution is 2.53. The molecule has 6 nitrogen and oxygen atoms in total. The van der Waals surface area contributed by atoms with Gasteiger partial charge in [-0.1, -0.05) is 24.3 Å². The van der Waals surface area contributed by atoms with Gasteiger partial charge in [0.05, 0.1) is 43.9 Å². The van der Waals surface area contributed by atoms with Gasteiger partial charge < -0.3 is 9.47 Å². The van der Waals surface area contributed by atoms with Gasteiger partial charge in [0.2, 0.25) is 0 Å². The number of fused-ring (bicyclic) bond motifs is 1. The van der Waals surface area contributed by atoms with Crippen LogP contribution in [-0.4, -0.2) is 33.1 Å². The predicted molar refractivity (Wildman–Crippen MR) is 128 cm³/mol. The molecule has 0 aliphatic carbocycles. The summed E-state index contributed by atoms with van der Waals surface area (Å²) in [5.74, 6) is 1.44. The minimum absolute atomic E-state index is 0.498. The standard InChI is InChI=1S/C26H18N4O2S/c1-3-13-27-17(7-1)19-9-5-11-21(29-19)25-23-24(32-16-15-31-23)26(33-25)22-12-6-10-20(30-22)18-8-2-4-14-28-18/h1-14H,15-16H2. The summed E-state index contributed by atoms with van der Waals surface area (Å²) in [4.78, 5) is 20.5. The molecule has 160 valence electrons. The number of hydrogen-bond donors (Lipinski definition) is 0. The maximum atomic E-state index is 6.06. The lowest BCUT2D eigenvalue weighted by atomic mass is 10.2. The quantitative estimate of drug-likeness (QED) is 0.346. The Balaban J connectivity index is 1.46. The van der Waals surface area contributed by atoms with Gasteiger partial charge >= 0.3 is 0 Å². The number of aromatic nitrogens is 4. The summed E-state index contributed by atoms with van der Waals surface area (Å²) in [6.07, 6.45) is 3.54. The molecular formula is C26H18N4O2S. The lowest BCUT2D eigenvalue weighted by Crippen LogP contribution is -2.15. The van der Waals surface area contributed by atoms with Crippen molar-refractivity contribution in [2.24, 2.45) is 0 Å². The molecule has 0 saturated carbocycles. The lowest BCUT2D eigenvalue weighted by Gasteiger charge is -2.17. The molecule has 6 rings (SSSR count). The van der Waals surface area contributed by atoms with Crippen LogP contribution in [0.1, 0.15) is 0 Å². The van der Waals surface area contributed by atoms with Crippen molar-refractivity contribution in [1.82, 2.24) is 19.9 Å². The highest BCUT2D eigenvalue weighted by atomic mass is 32.1. The van der Waals surface area contributed by atoms with Crippen LogP contribution in [0.3, 0.4) is 0 Å². The van der Waals surface area contributed by atoms with E-state index in [1.165, 1.54) is 0 Å². The van der Waals surface area contributed by atoms with Crippen LogP contribution in [0, 0.1) is 0 Å². The Morgan fingerprint density at radius 2 is 0.970 bits per heavy atom. The minimum Gasteiger partial charge on any atom is -0.485 e. The van der Waals surface area contributed by atoms with Crippen molar-refractivity contribution in [2.75, 3.05) is 13.2 Å². The van der Waals surface area contributed by atoms with Crippen LogP contribution >= 0.6 is 11.3 Å². The maximum Gasteiger partial charge on any atom is 0.182 e. The van der Waals surface area contributed by atoms with Crippen LogP contribution in [0.2, 0.25) is 0 Å². The second-order valence-corrected chi connectivity index (χ2v) is 8.38. The van der Waals surface area contributed by atoms with Gasteiger partial charge in [0.25, 0.3) is 0 Å². The van der Waals surface area contributed by atoms with Gasteiger partial charge in [-0.25, -0.2) is 9.97 Å². The Morgan fingerprint density at radius 1 is 0.515 bits per heavy atom. The van der Waals surface area contributed by atoms with E-state index in [9.17, 15) is 0 Å². The third-order valence-electron chi connectivity index (χ3n) is 5.22. The zero-order valence-electron chi connectivity index (χ0n) is 17.5. The molecule has 33 heavy (non-hydrogen) atoms. The zero-order valence-corrected chi connectivity index (χ0v) is 18.3. The lowest BCUT2D eigenvalue weighted by molar-refractivity contribution is 0.175. The Morgan fingerprint density at radius 3 is 1.42 bits per heavy atom. The molecule has 0 amide bonds. The van der Waals surface area contributed by atoms with E-state index in [4.69, 9.17) is 19.4 Å². The fourth-order valence-corrected chi connectivity index (χ4v) is 4.85. The molecule has 5 aromatic heterocycles. The number of nitrogens with zero attached hydrogens (tertiary/aromatic N) is 4. The topological polar surface area (TPSA) is 70.0 Å². The predicted octanol–water partition coefficient (Wildman–Crippen LogP) is 5.77. The molecule has 0 atom stereocenters. The summed E-state index contributed by atoms with van der Waals surface area (Å²) in [6.45, 7) is 0.995. The van der Waals surface area contributed by atoms with Gasteiger partial charge in [0.1, 0.15) is 13.2 Å². The SMILES string of the molecule is c1ccc(-c2cccc(-c3sc(-c4cccc(-c5ccccn5)n4)c4c3OCCO4)n2)nc1. The zero-order chi connectivity index (χ0) is 22.0. The van der Waals surface area contributed by atoms with E-state index in [1.807, 2.05) is 72.8 Å². The van der Waals surface area contributed by atoms with Crippen LogP contribution in [0.4, 0.5) is 0 Å². The van der Waals surface area contributed by atoms with Crippen molar-refractivity contribution < 1.29 is 9.47 Å². The molecule has 0 radical (unpaired) electrons. The summed E-state index contributed by atoms with van der Waals surface area (Å²) in [5.41, 5.74) is 4.90. The molecule has 0 bridgehead atoms. The van der Waals surface area contributed by atoms with Gasteiger partial charge in [0.15, 0.2) is 11.5 Å². The van der Waals surface area contributed by atoms with Crippen LogP contribution in [0.5, 0.6) is 11.5 Å². The van der Waals surface area contributed by atoms with Crippen LogP contribution in [0.25, 0.3) is 43.9 Å². The molecule has 0 fully saturated rings. The number of pyridine rings is 4. The molecule has 1 aliphatic heterocycles. The minimum atomic E-state index is 0.498. The summed E-state index contributed by atoms with van der Waals surface area (Å²) in [6, 6.07) is 23.5. The first-order valence-corrected chi connectivity index (χ1v) is 11.4. The third kappa shape index (κ3) is 3.72. The summed E-state index contributed by atoms with van der Waals surface area (Å²) < 4.78 is 12.1. The van der Waals surface area contributed by atoms with Gasteiger partial charge in [0, 0.05) is 12.4 Å². The monoisotopic (exact) mass is 450 g/mol.